The molecule has 5 amide bonds. The van der Waals surface area contributed by atoms with Crippen molar-refractivity contribution in [2.75, 3.05) is 0 Å². The van der Waals surface area contributed by atoms with E-state index in [0.29, 0.717) is 18.2 Å². The van der Waals surface area contributed by atoms with Gasteiger partial charge in [-0.05, 0) is 79.4 Å². The minimum atomic E-state index is -1.67. The van der Waals surface area contributed by atoms with E-state index in [-0.39, 0.29) is 39.4 Å². The molecule has 0 spiro atoms. The molecule has 0 fully saturated rings. The van der Waals surface area contributed by atoms with Crippen LogP contribution in [0.15, 0.2) is 78.9 Å². The molecule has 12 nitrogen and oxygen atoms in total. The van der Waals surface area contributed by atoms with E-state index >= 15 is 0 Å². The second kappa shape index (κ2) is 18.9. The maximum atomic E-state index is 14.4. The summed E-state index contributed by atoms with van der Waals surface area (Å²) in [7, 11) is 0. The fourth-order valence-corrected chi connectivity index (χ4v) is 5.83. The molecule has 4 aromatic carbocycles. The van der Waals surface area contributed by atoms with Crippen molar-refractivity contribution in [1.29, 1.82) is 0 Å². The minimum Gasteiger partial charge on any atom is -0.344 e. The lowest BCUT2D eigenvalue weighted by molar-refractivity contribution is -0.384. The van der Waals surface area contributed by atoms with E-state index in [1.165, 1.54) is 36.1 Å². The van der Waals surface area contributed by atoms with Crippen LogP contribution >= 0.6 is 0 Å². The molecule has 0 radical (unpaired) electrons. The summed E-state index contributed by atoms with van der Waals surface area (Å²) < 4.78 is 83.5. The zero-order chi connectivity index (χ0) is 42.1. The predicted octanol–water partition coefficient (Wildman–Crippen LogP) is 5.20. The minimum absolute atomic E-state index is 0.00869. The van der Waals surface area contributed by atoms with Gasteiger partial charge in [0.2, 0.25) is 11.8 Å². The van der Waals surface area contributed by atoms with Crippen LogP contribution in [0.25, 0.3) is 0 Å². The molecule has 4 rings (SSSR count). The van der Waals surface area contributed by atoms with Gasteiger partial charge in [-0.15, -0.1) is 0 Å². The number of halogens is 6. The number of amides is 5. The summed E-state index contributed by atoms with van der Waals surface area (Å²) in [6.07, 6.45) is -1.25. The Labute approximate surface area is 321 Å². The second-order valence-electron chi connectivity index (χ2n) is 13.1. The Kier molecular flexibility index (Phi) is 14.4. The molecular formula is C39H35F6N5O7. The summed E-state index contributed by atoms with van der Waals surface area (Å²) in [5, 5.41) is 16.0. The highest BCUT2D eigenvalue weighted by Gasteiger charge is 2.39. The number of rotatable bonds is 15. The predicted molar refractivity (Wildman–Crippen MR) is 190 cm³/mol. The van der Waals surface area contributed by atoms with Crippen molar-refractivity contribution in [1.82, 2.24) is 20.4 Å². The Balaban J connectivity index is 1.67. The molecule has 0 aromatic heterocycles. The molecule has 0 aliphatic rings. The number of imide groups is 3. The maximum absolute atomic E-state index is 14.4. The van der Waals surface area contributed by atoms with E-state index in [1.54, 1.807) is 0 Å². The van der Waals surface area contributed by atoms with Crippen LogP contribution in [0.5, 0.6) is 0 Å². The smallest absolute Gasteiger partial charge is 0.269 e. The lowest BCUT2D eigenvalue weighted by atomic mass is 10.1. The Bertz CT molecular complexity index is 2060. The Morgan fingerprint density at radius 3 is 1.37 bits per heavy atom. The average Bonchev–Trinajstić information content (AvgIpc) is 3.09. The molecule has 3 atom stereocenters. The molecule has 57 heavy (non-hydrogen) atoms. The number of hydrogen-bond donors (Lipinski definition) is 2. The van der Waals surface area contributed by atoms with Gasteiger partial charge in [0.1, 0.15) is 47.0 Å². The average molecular weight is 800 g/mol. The largest absolute Gasteiger partial charge is 0.344 e. The summed E-state index contributed by atoms with van der Waals surface area (Å²) in [5.74, 6) is -11.7. The van der Waals surface area contributed by atoms with E-state index < -0.39 is 107 Å². The van der Waals surface area contributed by atoms with E-state index in [9.17, 15) is 60.4 Å². The fraction of sp³-hybridized carbons (Fsp3) is 0.256. The standard InChI is InChI=1S/C39H35F6N5O7/c1-21(46-35(51)14-25-7-28(40)16-29(41)8-25)37(53)49(38(54)22(2)47-36(52)15-26-9-30(42)17-31(43)10-26)39(55)23(3)48(20-27-11-32(44)18-33(45)12-27)19-24-5-4-6-34(13-24)50(56)57/h4-13,16-18,21-23H,14-15,19-20H2,1-3H3,(H,46,51)(H,47,52)/t21-,22-,23-/m0/s1. The molecule has 0 heterocycles. The van der Waals surface area contributed by atoms with E-state index in [0.717, 1.165) is 50.2 Å². The number of carbonyl (C=O) groups is 5. The van der Waals surface area contributed by atoms with Crippen molar-refractivity contribution in [3.8, 4) is 0 Å². The third-order valence-electron chi connectivity index (χ3n) is 8.45. The Morgan fingerprint density at radius 1 is 0.579 bits per heavy atom. The van der Waals surface area contributed by atoms with Gasteiger partial charge in [0.25, 0.3) is 23.4 Å². The highest BCUT2D eigenvalue weighted by molar-refractivity contribution is 6.15. The Hall–Kier alpha value is -6.43. The summed E-state index contributed by atoms with van der Waals surface area (Å²) in [4.78, 5) is 80.3. The van der Waals surface area contributed by atoms with Gasteiger partial charge in [-0.25, -0.2) is 31.2 Å². The van der Waals surface area contributed by atoms with Gasteiger partial charge in [-0.1, -0.05) is 12.1 Å². The molecule has 300 valence electrons. The van der Waals surface area contributed by atoms with Gasteiger partial charge in [0.15, 0.2) is 0 Å². The third kappa shape index (κ3) is 12.3. The number of non-ortho nitro benzene ring substituents is 1. The number of carbonyl (C=O) groups excluding carboxylic acids is 5. The van der Waals surface area contributed by atoms with Crippen LogP contribution in [0.3, 0.4) is 0 Å². The normalized spacial score (nSPS) is 12.7. The van der Waals surface area contributed by atoms with E-state index in [1.807, 2.05) is 0 Å². The molecular weight excluding hydrogens is 764 g/mol. The zero-order valence-corrected chi connectivity index (χ0v) is 30.5. The van der Waals surface area contributed by atoms with Gasteiger partial charge in [-0.2, -0.15) is 0 Å². The third-order valence-corrected chi connectivity index (χ3v) is 8.45. The van der Waals surface area contributed by atoms with Crippen molar-refractivity contribution in [2.45, 2.75) is 64.8 Å². The summed E-state index contributed by atoms with van der Waals surface area (Å²) in [6.45, 7) is 2.71. The van der Waals surface area contributed by atoms with Crippen molar-refractivity contribution < 1.29 is 55.2 Å². The summed E-state index contributed by atoms with van der Waals surface area (Å²) >= 11 is 0. The van der Waals surface area contributed by atoms with Crippen molar-refractivity contribution in [3.63, 3.8) is 0 Å². The molecule has 4 aromatic rings. The number of nitrogens with zero attached hydrogens (tertiary/aromatic N) is 3. The van der Waals surface area contributed by atoms with Crippen LogP contribution in [-0.4, -0.2) is 62.4 Å². The lowest BCUT2D eigenvalue weighted by Gasteiger charge is -2.33. The zero-order valence-electron chi connectivity index (χ0n) is 30.5. The molecule has 18 heteroatoms. The molecule has 0 aliphatic heterocycles. The number of nitro benzene ring substituents is 1. The van der Waals surface area contributed by atoms with Crippen LogP contribution in [-0.2, 0) is 49.9 Å². The van der Waals surface area contributed by atoms with Crippen LogP contribution in [0.2, 0.25) is 0 Å². The molecule has 0 aliphatic carbocycles. The number of nitro groups is 1. The topological polar surface area (TPSA) is 159 Å². The molecule has 0 unspecified atom stereocenters. The SMILES string of the molecule is C[C@H](NC(=O)Cc1cc(F)cc(F)c1)C(=O)N(C(=O)[C@H](C)NC(=O)Cc1cc(F)cc(F)c1)C(=O)[C@H](C)N(Cc1cc(F)cc(F)c1)Cc1cccc([N+](=O)[O-])c1. The van der Waals surface area contributed by atoms with Crippen LogP contribution in [0.1, 0.15) is 43.0 Å². The summed E-state index contributed by atoms with van der Waals surface area (Å²) in [5.41, 5.74) is -0.310. The van der Waals surface area contributed by atoms with E-state index in [2.05, 4.69) is 10.6 Å². The van der Waals surface area contributed by atoms with Crippen LogP contribution in [0.4, 0.5) is 32.0 Å². The van der Waals surface area contributed by atoms with Crippen molar-refractivity contribution >= 4 is 35.2 Å². The first-order valence-electron chi connectivity index (χ1n) is 17.1. The van der Waals surface area contributed by atoms with Crippen molar-refractivity contribution in [3.05, 3.63) is 146 Å². The second-order valence-corrected chi connectivity index (χ2v) is 13.1. The number of hydrogen-bond acceptors (Lipinski definition) is 8. The summed E-state index contributed by atoms with van der Waals surface area (Å²) in [6, 6.07) is 7.47. The van der Waals surface area contributed by atoms with Gasteiger partial charge in [-0.3, -0.25) is 39.0 Å². The molecule has 0 saturated heterocycles. The molecule has 0 saturated carbocycles. The Morgan fingerprint density at radius 2 is 0.965 bits per heavy atom. The van der Waals surface area contributed by atoms with Gasteiger partial charge < -0.3 is 10.6 Å². The fourth-order valence-electron chi connectivity index (χ4n) is 5.83. The monoisotopic (exact) mass is 799 g/mol. The van der Waals surface area contributed by atoms with Crippen LogP contribution in [0, 0.1) is 45.0 Å². The maximum Gasteiger partial charge on any atom is 0.269 e. The highest BCUT2D eigenvalue weighted by atomic mass is 19.2. The van der Waals surface area contributed by atoms with Crippen molar-refractivity contribution in [2.24, 2.45) is 0 Å². The number of nitrogens with one attached hydrogen (secondary N) is 2. The first-order valence-corrected chi connectivity index (χ1v) is 17.1. The van der Waals surface area contributed by atoms with E-state index in [4.69, 9.17) is 0 Å². The number of benzene rings is 4. The first-order chi connectivity index (χ1) is 26.8. The highest BCUT2D eigenvalue weighted by Crippen LogP contribution is 2.21. The molecule has 0 bridgehead atoms. The molecule has 2 N–H and O–H groups in total. The van der Waals surface area contributed by atoms with Gasteiger partial charge in [0, 0.05) is 43.4 Å². The van der Waals surface area contributed by atoms with Crippen LogP contribution < -0.4 is 10.6 Å². The first kappa shape index (κ1) is 43.3. The lowest BCUT2D eigenvalue weighted by Crippen LogP contribution is -2.60. The van der Waals surface area contributed by atoms with Gasteiger partial charge >= 0.3 is 0 Å². The quantitative estimate of drug-likeness (QED) is 0.0945. The van der Waals surface area contributed by atoms with Gasteiger partial charge in [0.05, 0.1) is 23.8 Å².